The van der Waals surface area contributed by atoms with Gasteiger partial charge in [-0.2, -0.15) is 0 Å². The highest BCUT2D eigenvalue weighted by molar-refractivity contribution is 5.78. The smallest absolute Gasteiger partial charge is 0.317 e. The number of rotatable bonds is 6. The van der Waals surface area contributed by atoms with E-state index in [-0.39, 0.29) is 12.6 Å². The summed E-state index contributed by atoms with van der Waals surface area (Å²) in [5.74, 6) is 0.722. The van der Waals surface area contributed by atoms with Crippen molar-refractivity contribution in [3.8, 4) is 0 Å². The topological polar surface area (TPSA) is 65.7 Å². The van der Waals surface area contributed by atoms with Crippen molar-refractivity contribution in [3.63, 3.8) is 0 Å². The molecule has 1 aromatic heterocycles. The lowest BCUT2D eigenvalue weighted by Crippen LogP contribution is -2.41. The highest BCUT2D eigenvalue weighted by atomic mass is 16.3. The minimum Gasteiger partial charge on any atom is -0.459 e. The number of fused-ring (bicyclic) bond motifs is 1. The SMILES string of the molecule is CCCN(CCO)C(=O)NCc1cc2ccccc2o1. The average molecular weight is 276 g/mol. The minimum atomic E-state index is -0.179. The number of benzene rings is 1. The Morgan fingerprint density at radius 2 is 2.15 bits per heavy atom. The lowest BCUT2D eigenvalue weighted by Gasteiger charge is -2.21. The molecule has 2 rings (SSSR count). The minimum absolute atomic E-state index is 0.0297. The van der Waals surface area contributed by atoms with Crippen LogP contribution in [0.4, 0.5) is 4.79 Å². The van der Waals surface area contributed by atoms with Gasteiger partial charge in [-0.3, -0.25) is 0 Å². The van der Waals surface area contributed by atoms with E-state index in [9.17, 15) is 4.79 Å². The van der Waals surface area contributed by atoms with E-state index in [0.717, 1.165) is 23.2 Å². The Kier molecular flexibility index (Phi) is 5.01. The average Bonchev–Trinajstić information content (AvgIpc) is 2.87. The first-order chi connectivity index (χ1) is 9.74. The summed E-state index contributed by atoms with van der Waals surface area (Å²) in [5, 5.41) is 12.8. The highest BCUT2D eigenvalue weighted by Crippen LogP contribution is 2.18. The molecule has 1 heterocycles. The number of hydrogen-bond acceptors (Lipinski definition) is 3. The van der Waals surface area contributed by atoms with Crippen molar-refractivity contribution in [1.29, 1.82) is 0 Å². The zero-order valence-corrected chi connectivity index (χ0v) is 11.6. The van der Waals surface area contributed by atoms with Crippen molar-refractivity contribution in [2.24, 2.45) is 0 Å². The predicted octanol–water partition coefficient (Wildman–Crippen LogP) is 2.35. The molecule has 2 amide bonds. The van der Waals surface area contributed by atoms with Crippen LogP contribution in [0.15, 0.2) is 34.7 Å². The third-order valence-corrected chi connectivity index (χ3v) is 3.04. The number of aliphatic hydroxyl groups is 1. The second-order valence-corrected chi connectivity index (χ2v) is 4.62. The number of carbonyl (C=O) groups excluding carboxylic acids is 1. The first-order valence-electron chi connectivity index (χ1n) is 6.85. The number of para-hydroxylation sites is 1. The maximum absolute atomic E-state index is 12.0. The normalized spacial score (nSPS) is 10.7. The van der Waals surface area contributed by atoms with Gasteiger partial charge in [-0.25, -0.2) is 4.79 Å². The Morgan fingerprint density at radius 1 is 1.35 bits per heavy atom. The van der Waals surface area contributed by atoms with Gasteiger partial charge in [0.2, 0.25) is 0 Å². The molecule has 108 valence electrons. The van der Waals surface area contributed by atoms with Crippen LogP contribution in [-0.4, -0.2) is 35.7 Å². The van der Waals surface area contributed by atoms with Crippen molar-refractivity contribution in [1.82, 2.24) is 10.2 Å². The van der Waals surface area contributed by atoms with E-state index >= 15 is 0 Å². The molecular formula is C15H20N2O3. The Bertz CT molecular complexity index is 526. The molecule has 0 atom stereocenters. The number of carbonyl (C=O) groups is 1. The third-order valence-electron chi connectivity index (χ3n) is 3.04. The van der Waals surface area contributed by atoms with E-state index in [1.165, 1.54) is 0 Å². The van der Waals surface area contributed by atoms with Crippen LogP contribution in [-0.2, 0) is 6.54 Å². The molecule has 0 bridgehead atoms. The van der Waals surface area contributed by atoms with Gasteiger partial charge < -0.3 is 19.7 Å². The summed E-state index contributed by atoms with van der Waals surface area (Å²) in [7, 11) is 0. The van der Waals surface area contributed by atoms with Crippen LogP contribution in [0.2, 0.25) is 0 Å². The molecule has 0 aliphatic rings. The van der Waals surface area contributed by atoms with Crippen LogP contribution >= 0.6 is 0 Å². The predicted molar refractivity (Wildman–Crippen MR) is 77.4 cm³/mol. The molecule has 0 saturated carbocycles. The second-order valence-electron chi connectivity index (χ2n) is 4.62. The lowest BCUT2D eigenvalue weighted by molar-refractivity contribution is 0.176. The molecule has 0 saturated heterocycles. The summed E-state index contributed by atoms with van der Waals surface area (Å²) in [5.41, 5.74) is 0.817. The number of furan rings is 1. The van der Waals surface area contributed by atoms with Crippen LogP contribution < -0.4 is 5.32 Å². The molecular weight excluding hydrogens is 256 g/mol. The van der Waals surface area contributed by atoms with E-state index in [1.54, 1.807) is 4.90 Å². The highest BCUT2D eigenvalue weighted by Gasteiger charge is 2.12. The van der Waals surface area contributed by atoms with Gasteiger partial charge in [-0.15, -0.1) is 0 Å². The van der Waals surface area contributed by atoms with E-state index in [1.807, 2.05) is 37.3 Å². The van der Waals surface area contributed by atoms with Crippen molar-refractivity contribution < 1.29 is 14.3 Å². The summed E-state index contributed by atoms with van der Waals surface area (Å²) >= 11 is 0. The maximum atomic E-state index is 12.0. The van der Waals surface area contributed by atoms with Crippen LogP contribution in [0.5, 0.6) is 0 Å². The molecule has 0 aliphatic heterocycles. The summed E-state index contributed by atoms with van der Waals surface area (Å²) in [6.45, 7) is 3.29. The maximum Gasteiger partial charge on any atom is 0.317 e. The fourth-order valence-corrected chi connectivity index (χ4v) is 2.10. The lowest BCUT2D eigenvalue weighted by atomic mass is 10.2. The van der Waals surface area contributed by atoms with Gasteiger partial charge in [0.15, 0.2) is 0 Å². The fraction of sp³-hybridized carbons (Fsp3) is 0.400. The number of nitrogens with one attached hydrogen (secondary N) is 1. The molecule has 5 nitrogen and oxygen atoms in total. The fourth-order valence-electron chi connectivity index (χ4n) is 2.10. The molecule has 0 unspecified atom stereocenters. The Hall–Kier alpha value is -2.01. The number of aliphatic hydroxyl groups excluding tert-OH is 1. The standard InChI is InChI=1S/C15H20N2O3/c1-2-7-17(8-9-18)15(19)16-11-13-10-12-5-3-4-6-14(12)20-13/h3-6,10,18H,2,7-9,11H2,1H3,(H,16,19). The van der Waals surface area contributed by atoms with Gasteiger partial charge in [-0.1, -0.05) is 25.1 Å². The van der Waals surface area contributed by atoms with E-state index in [4.69, 9.17) is 9.52 Å². The Labute approximate surface area is 118 Å². The first-order valence-corrected chi connectivity index (χ1v) is 6.85. The quantitative estimate of drug-likeness (QED) is 0.851. The molecule has 1 aromatic carbocycles. The Morgan fingerprint density at radius 3 is 2.85 bits per heavy atom. The second kappa shape index (κ2) is 6.96. The van der Waals surface area contributed by atoms with Gasteiger partial charge >= 0.3 is 6.03 Å². The molecule has 20 heavy (non-hydrogen) atoms. The number of hydrogen-bond donors (Lipinski definition) is 2. The van der Waals surface area contributed by atoms with Crippen LogP contribution in [0, 0.1) is 0 Å². The first kappa shape index (κ1) is 14.4. The summed E-state index contributed by atoms with van der Waals surface area (Å²) in [4.78, 5) is 13.6. The molecule has 0 radical (unpaired) electrons. The van der Waals surface area contributed by atoms with Crippen molar-refractivity contribution in [3.05, 3.63) is 36.1 Å². The van der Waals surface area contributed by atoms with E-state index in [2.05, 4.69) is 5.32 Å². The zero-order chi connectivity index (χ0) is 14.4. The van der Waals surface area contributed by atoms with Crippen molar-refractivity contribution in [2.75, 3.05) is 19.7 Å². The van der Waals surface area contributed by atoms with Gasteiger partial charge in [0.1, 0.15) is 11.3 Å². The van der Waals surface area contributed by atoms with E-state index in [0.29, 0.717) is 19.6 Å². The summed E-state index contributed by atoms with van der Waals surface area (Å²) in [6.07, 6.45) is 0.859. The third kappa shape index (κ3) is 3.51. The van der Waals surface area contributed by atoms with Crippen LogP contribution in [0.25, 0.3) is 11.0 Å². The number of urea groups is 1. The van der Waals surface area contributed by atoms with Crippen LogP contribution in [0.3, 0.4) is 0 Å². The zero-order valence-electron chi connectivity index (χ0n) is 11.6. The summed E-state index contributed by atoms with van der Waals surface area (Å²) in [6, 6.07) is 9.48. The summed E-state index contributed by atoms with van der Waals surface area (Å²) < 4.78 is 5.64. The van der Waals surface area contributed by atoms with Crippen molar-refractivity contribution in [2.45, 2.75) is 19.9 Å². The van der Waals surface area contributed by atoms with E-state index < -0.39 is 0 Å². The van der Waals surface area contributed by atoms with Gasteiger partial charge in [0, 0.05) is 18.5 Å². The molecule has 0 spiro atoms. The number of nitrogens with zero attached hydrogens (tertiary/aromatic N) is 1. The molecule has 2 aromatic rings. The van der Waals surface area contributed by atoms with Gasteiger partial charge in [0.25, 0.3) is 0 Å². The largest absolute Gasteiger partial charge is 0.459 e. The molecule has 0 fully saturated rings. The molecule has 2 N–H and O–H groups in total. The molecule has 5 heteroatoms. The Balaban J connectivity index is 1.94. The monoisotopic (exact) mass is 276 g/mol. The van der Waals surface area contributed by atoms with Gasteiger partial charge in [0.05, 0.1) is 13.2 Å². The van der Waals surface area contributed by atoms with Gasteiger partial charge in [-0.05, 0) is 18.6 Å². The molecule has 0 aliphatic carbocycles. The number of amides is 2. The van der Waals surface area contributed by atoms with Crippen LogP contribution in [0.1, 0.15) is 19.1 Å². The van der Waals surface area contributed by atoms with Crippen molar-refractivity contribution >= 4 is 17.0 Å².